The van der Waals surface area contributed by atoms with Crippen molar-refractivity contribution in [2.75, 3.05) is 0 Å². The van der Waals surface area contributed by atoms with Crippen molar-refractivity contribution in [3.8, 4) is 0 Å². The van der Waals surface area contributed by atoms with E-state index in [0.717, 1.165) is 17.7 Å². The SMILES string of the molecule is Cc1cccnc1CC(=O)c1ccc(F)cc1F. The Morgan fingerprint density at radius 1 is 1.28 bits per heavy atom. The van der Waals surface area contributed by atoms with Gasteiger partial charge >= 0.3 is 0 Å². The number of halogens is 2. The van der Waals surface area contributed by atoms with E-state index in [2.05, 4.69) is 4.98 Å². The highest BCUT2D eigenvalue weighted by atomic mass is 19.1. The predicted molar refractivity (Wildman–Crippen MR) is 63.4 cm³/mol. The minimum absolute atomic E-state index is 0.00915. The van der Waals surface area contributed by atoms with Crippen LogP contribution in [-0.4, -0.2) is 10.8 Å². The number of aryl methyl sites for hydroxylation is 1. The molecule has 0 aliphatic rings. The van der Waals surface area contributed by atoms with Gasteiger partial charge in [-0.05, 0) is 30.7 Å². The van der Waals surface area contributed by atoms with Gasteiger partial charge in [0.25, 0.3) is 0 Å². The highest BCUT2D eigenvalue weighted by Crippen LogP contribution is 2.13. The average Bonchev–Trinajstić information content (AvgIpc) is 2.32. The molecule has 2 nitrogen and oxygen atoms in total. The number of carbonyl (C=O) groups excluding carboxylic acids is 1. The predicted octanol–water partition coefficient (Wildman–Crippen LogP) is 3.09. The molecule has 0 N–H and O–H groups in total. The monoisotopic (exact) mass is 247 g/mol. The summed E-state index contributed by atoms with van der Waals surface area (Å²) in [4.78, 5) is 16.0. The molecule has 0 atom stereocenters. The van der Waals surface area contributed by atoms with Crippen LogP contribution in [0.25, 0.3) is 0 Å². The molecule has 0 saturated carbocycles. The van der Waals surface area contributed by atoms with Crippen LogP contribution in [0.1, 0.15) is 21.6 Å². The van der Waals surface area contributed by atoms with E-state index >= 15 is 0 Å². The second-order valence-corrected chi connectivity index (χ2v) is 3.99. The average molecular weight is 247 g/mol. The topological polar surface area (TPSA) is 30.0 Å². The lowest BCUT2D eigenvalue weighted by Gasteiger charge is -2.05. The first-order valence-corrected chi connectivity index (χ1v) is 5.46. The summed E-state index contributed by atoms with van der Waals surface area (Å²) >= 11 is 0. The Balaban J connectivity index is 2.25. The third-order valence-electron chi connectivity index (χ3n) is 2.68. The fourth-order valence-electron chi connectivity index (χ4n) is 1.67. The van der Waals surface area contributed by atoms with Crippen molar-refractivity contribution in [3.63, 3.8) is 0 Å². The summed E-state index contributed by atoms with van der Waals surface area (Å²) in [5.74, 6) is -1.94. The molecule has 0 bridgehead atoms. The summed E-state index contributed by atoms with van der Waals surface area (Å²) in [5, 5.41) is 0. The summed E-state index contributed by atoms with van der Waals surface area (Å²) in [6.07, 6.45) is 1.59. The third-order valence-corrected chi connectivity index (χ3v) is 2.68. The van der Waals surface area contributed by atoms with E-state index in [4.69, 9.17) is 0 Å². The van der Waals surface area contributed by atoms with Crippen LogP contribution in [0, 0.1) is 18.6 Å². The molecule has 0 spiro atoms. The number of hydrogen-bond donors (Lipinski definition) is 0. The van der Waals surface area contributed by atoms with Crippen molar-refractivity contribution >= 4 is 5.78 Å². The largest absolute Gasteiger partial charge is 0.294 e. The molecule has 1 aromatic heterocycles. The van der Waals surface area contributed by atoms with Gasteiger partial charge in [-0.2, -0.15) is 0 Å². The molecule has 1 heterocycles. The normalized spacial score (nSPS) is 10.4. The quantitative estimate of drug-likeness (QED) is 0.780. The number of hydrogen-bond acceptors (Lipinski definition) is 2. The van der Waals surface area contributed by atoms with Crippen molar-refractivity contribution < 1.29 is 13.6 Å². The Bertz CT molecular complexity index is 596. The van der Waals surface area contributed by atoms with Gasteiger partial charge < -0.3 is 0 Å². The highest BCUT2D eigenvalue weighted by Gasteiger charge is 2.14. The van der Waals surface area contributed by atoms with Gasteiger partial charge in [-0.3, -0.25) is 9.78 Å². The molecule has 4 heteroatoms. The van der Waals surface area contributed by atoms with Gasteiger partial charge in [-0.1, -0.05) is 6.07 Å². The van der Waals surface area contributed by atoms with E-state index in [0.29, 0.717) is 11.8 Å². The van der Waals surface area contributed by atoms with Crippen molar-refractivity contribution in [2.24, 2.45) is 0 Å². The number of pyridine rings is 1. The summed E-state index contributed by atoms with van der Waals surface area (Å²) in [6, 6.07) is 6.53. The zero-order valence-corrected chi connectivity index (χ0v) is 9.78. The summed E-state index contributed by atoms with van der Waals surface area (Å²) in [7, 11) is 0. The number of aromatic nitrogens is 1. The third kappa shape index (κ3) is 2.59. The minimum Gasteiger partial charge on any atom is -0.294 e. The molecule has 1 aromatic carbocycles. The zero-order valence-electron chi connectivity index (χ0n) is 9.78. The molecule has 2 aromatic rings. The number of nitrogens with zero attached hydrogens (tertiary/aromatic N) is 1. The van der Waals surface area contributed by atoms with E-state index in [1.807, 2.05) is 13.0 Å². The van der Waals surface area contributed by atoms with Crippen molar-refractivity contribution in [3.05, 3.63) is 65.0 Å². The maximum Gasteiger partial charge on any atom is 0.171 e. The maximum atomic E-state index is 13.4. The van der Waals surface area contributed by atoms with E-state index in [9.17, 15) is 13.6 Å². The van der Waals surface area contributed by atoms with E-state index in [-0.39, 0.29) is 12.0 Å². The smallest absolute Gasteiger partial charge is 0.171 e. The van der Waals surface area contributed by atoms with Gasteiger partial charge in [0.05, 0.1) is 17.7 Å². The number of rotatable bonds is 3. The van der Waals surface area contributed by atoms with Crippen LogP contribution in [0.4, 0.5) is 8.78 Å². The fraction of sp³-hybridized carbons (Fsp3) is 0.143. The molecular formula is C14H11F2NO. The second kappa shape index (κ2) is 5.04. The van der Waals surface area contributed by atoms with Crippen LogP contribution in [0.2, 0.25) is 0 Å². The Morgan fingerprint density at radius 2 is 2.06 bits per heavy atom. The Hall–Kier alpha value is -2.10. The molecule has 0 aliphatic carbocycles. The standard InChI is InChI=1S/C14H11F2NO/c1-9-3-2-6-17-13(9)8-14(18)11-5-4-10(15)7-12(11)16/h2-7H,8H2,1H3. The number of ketones is 1. The molecule has 0 aliphatic heterocycles. The lowest BCUT2D eigenvalue weighted by molar-refractivity contribution is 0.0988. The molecule has 0 radical (unpaired) electrons. The lowest BCUT2D eigenvalue weighted by Crippen LogP contribution is -2.08. The van der Waals surface area contributed by atoms with Gasteiger partial charge in [-0.25, -0.2) is 8.78 Å². The van der Waals surface area contributed by atoms with Gasteiger partial charge in [0.2, 0.25) is 0 Å². The summed E-state index contributed by atoms with van der Waals surface area (Å²) < 4.78 is 26.2. The first-order valence-electron chi connectivity index (χ1n) is 5.46. The molecule has 2 rings (SSSR count). The number of Topliss-reactive ketones (excluding diaryl/α,β-unsaturated/α-hetero) is 1. The molecule has 92 valence electrons. The molecule has 0 unspecified atom stereocenters. The van der Waals surface area contributed by atoms with Crippen LogP contribution in [0.15, 0.2) is 36.5 Å². The van der Waals surface area contributed by atoms with E-state index < -0.39 is 17.4 Å². The Morgan fingerprint density at radius 3 is 2.72 bits per heavy atom. The second-order valence-electron chi connectivity index (χ2n) is 3.99. The van der Waals surface area contributed by atoms with Gasteiger partial charge in [0.1, 0.15) is 11.6 Å². The molecule has 18 heavy (non-hydrogen) atoms. The van der Waals surface area contributed by atoms with E-state index in [1.165, 1.54) is 0 Å². The molecule has 0 saturated heterocycles. The van der Waals surface area contributed by atoms with Crippen molar-refractivity contribution in [1.82, 2.24) is 4.98 Å². The summed E-state index contributed by atoms with van der Waals surface area (Å²) in [5.41, 5.74) is 1.36. The Kier molecular flexibility index (Phi) is 3.46. The zero-order chi connectivity index (χ0) is 13.1. The van der Waals surface area contributed by atoms with Crippen molar-refractivity contribution in [1.29, 1.82) is 0 Å². The van der Waals surface area contributed by atoms with Gasteiger partial charge in [-0.15, -0.1) is 0 Å². The highest BCUT2D eigenvalue weighted by molar-refractivity contribution is 5.97. The van der Waals surface area contributed by atoms with Crippen LogP contribution >= 0.6 is 0 Å². The maximum absolute atomic E-state index is 13.4. The first-order chi connectivity index (χ1) is 8.58. The number of carbonyl (C=O) groups is 1. The van der Waals surface area contributed by atoms with Gasteiger partial charge in [0.15, 0.2) is 5.78 Å². The Labute approximate surface area is 103 Å². The molecular weight excluding hydrogens is 236 g/mol. The van der Waals surface area contributed by atoms with Crippen molar-refractivity contribution in [2.45, 2.75) is 13.3 Å². The van der Waals surface area contributed by atoms with Crippen LogP contribution < -0.4 is 0 Å². The van der Waals surface area contributed by atoms with Crippen LogP contribution in [0.5, 0.6) is 0 Å². The first kappa shape index (κ1) is 12.4. The van der Waals surface area contributed by atoms with Crippen LogP contribution in [-0.2, 0) is 6.42 Å². The number of benzene rings is 1. The summed E-state index contributed by atoms with van der Waals surface area (Å²) in [6.45, 7) is 1.83. The molecule has 0 amide bonds. The van der Waals surface area contributed by atoms with E-state index in [1.54, 1.807) is 12.3 Å². The lowest BCUT2D eigenvalue weighted by atomic mass is 10.0. The fourth-order valence-corrected chi connectivity index (χ4v) is 1.67. The minimum atomic E-state index is -0.839. The van der Waals surface area contributed by atoms with Crippen LogP contribution in [0.3, 0.4) is 0 Å². The molecule has 0 fully saturated rings. The van der Waals surface area contributed by atoms with Gasteiger partial charge in [0, 0.05) is 12.3 Å².